The molecule has 2 aromatic carbocycles. The van der Waals surface area contributed by atoms with Gasteiger partial charge in [0.1, 0.15) is 0 Å². The van der Waals surface area contributed by atoms with Crippen LogP contribution in [0.5, 0.6) is 0 Å². The van der Waals surface area contributed by atoms with Gasteiger partial charge < -0.3 is 4.74 Å². The molecule has 2 rings (SSSR count). The summed E-state index contributed by atoms with van der Waals surface area (Å²) in [6.45, 7) is 2.29. The number of esters is 1. The van der Waals surface area contributed by atoms with Crippen molar-refractivity contribution in [2.24, 2.45) is 0 Å². The molecule has 0 amide bonds. The van der Waals surface area contributed by atoms with Crippen molar-refractivity contribution in [1.29, 1.82) is 0 Å². The van der Waals surface area contributed by atoms with E-state index >= 15 is 0 Å². The number of hydrogen-bond acceptors (Lipinski definition) is 7. The molecule has 0 aliphatic rings. The van der Waals surface area contributed by atoms with Gasteiger partial charge in [-0.1, -0.05) is 55.0 Å². The summed E-state index contributed by atoms with van der Waals surface area (Å²) >= 11 is 0. The third-order valence-electron chi connectivity index (χ3n) is 4.53. The van der Waals surface area contributed by atoms with Crippen LogP contribution in [0.15, 0.2) is 54.6 Å². The molecule has 0 bridgehead atoms. The summed E-state index contributed by atoms with van der Waals surface area (Å²) in [5.74, 6) is -0.872. The summed E-state index contributed by atoms with van der Waals surface area (Å²) in [6, 6.07) is 16.1. The Morgan fingerprint density at radius 3 is 2.24 bits per heavy atom. The van der Waals surface area contributed by atoms with E-state index in [1.807, 2.05) is 24.3 Å². The van der Waals surface area contributed by atoms with Gasteiger partial charge in [0.2, 0.25) is 0 Å². The monoisotopic (exact) mass is 401 g/mol. The Hall–Kier alpha value is -2.58. The molecule has 0 fully saturated rings. The summed E-state index contributed by atoms with van der Waals surface area (Å²) in [4.78, 5) is 29.4. The van der Waals surface area contributed by atoms with Crippen molar-refractivity contribution in [3.05, 3.63) is 71.3 Å². The number of ether oxygens (including phenoxy) is 1. The van der Waals surface area contributed by atoms with Gasteiger partial charge >= 0.3 is 5.97 Å². The maximum atomic E-state index is 12.6. The number of hydrogen-bond donors (Lipinski definition) is 2. The van der Waals surface area contributed by atoms with Crippen LogP contribution in [0.1, 0.15) is 60.0 Å². The second-order valence-electron chi connectivity index (χ2n) is 6.71. The van der Waals surface area contributed by atoms with E-state index in [9.17, 15) is 9.59 Å². The highest BCUT2D eigenvalue weighted by atomic mass is 17.1. The average Bonchev–Trinajstić information content (AvgIpc) is 2.74. The minimum absolute atomic E-state index is 0.0810. The predicted octanol–water partition coefficient (Wildman–Crippen LogP) is 4.14. The molecule has 0 radical (unpaired) electrons. The molecule has 0 saturated heterocycles. The zero-order valence-electron chi connectivity index (χ0n) is 16.5. The quantitative estimate of drug-likeness (QED) is 0.239. The van der Waals surface area contributed by atoms with Gasteiger partial charge in [0, 0.05) is 11.1 Å². The number of carbonyl (C=O) groups excluding carboxylic acids is 2. The highest BCUT2D eigenvalue weighted by molar-refractivity contribution is 6.09. The van der Waals surface area contributed by atoms with Crippen LogP contribution in [-0.4, -0.2) is 40.8 Å². The standard InChI is InChI=1S/C22H27NO6/c1-17(22(25)28-14-7-2-3-8-15-29-23(26)27)19-12-9-13-20(16-19)21(24)18-10-5-4-6-11-18/h4-6,9-13,16-17,26-27H,2-3,7-8,14-15H2,1H3. The SMILES string of the molecule is CC(C(=O)OCCCCCCON(O)O)c1cccc(C(=O)c2ccccc2)c1. The predicted molar refractivity (Wildman–Crippen MR) is 106 cm³/mol. The summed E-state index contributed by atoms with van der Waals surface area (Å²) in [6.07, 6.45) is 3.05. The molecule has 7 heteroatoms. The zero-order valence-corrected chi connectivity index (χ0v) is 16.5. The van der Waals surface area contributed by atoms with Crippen molar-refractivity contribution in [3.63, 3.8) is 0 Å². The van der Waals surface area contributed by atoms with Gasteiger partial charge in [0.05, 0.1) is 24.5 Å². The zero-order chi connectivity index (χ0) is 21.1. The molecular formula is C22H27NO6. The third kappa shape index (κ3) is 7.75. The van der Waals surface area contributed by atoms with Crippen LogP contribution in [-0.2, 0) is 14.4 Å². The number of ketones is 1. The number of rotatable bonds is 12. The molecule has 156 valence electrons. The van der Waals surface area contributed by atoms with Crippen LogP contribution in [0.4, 0.5) is 0 Å². The van der Waals surface area contributed by atoms with E-state index in [0.29, 0.717) is 30.6 Å². The van der Waals surface area contributed by atoms with E-state index in [0.717, 1.165) is 18.4 Å². The third-order valence-corrected chi connectivity index (χ3v) is 4.53. The molecule has 0 aromatic heterocycles. The average molecular weight is 401 g/mol. The summed E-state index contributed by atoms with van der Waals surface area (Å²) in [5, 5.41) is 16.5. The lowest BCUT2D eigenvalue weighted by Gasteiger charge is -2.13. The first-order valence-corrected chi connectivity index (χ1v) is 9.66. The molecule has 7 nitrogen and oxygen atoms in total. The van der Waals surface area contributed by atoms with E-state index in [1.165, 1.54) is 0 Å². The van der Waals surface area contributed by atoms with Gasteiger partial charge in [0.25, 0.3) is 0 Å². The van der Waals surface area contributed by atoms with Gasteiger partial charge in [-0.15, -0.1) is 0 Å². The fourth-order valence-corrected chi connectivity index (χ4v) is 2.84. The van der Waals surface area contributed by atoms with Crippen molar-refractivity contribution in [2.45, 2.75) is 38.5 Å². The van der Waals surface area contributed by atoms with Crippen molar-refractivity contribution < 1.29 is 29.6 Å². The molecule has 2 N–H and O–H groups in total. The first kappa shape index (κ1) is 22.7. The van der Waals surface area contributed by atoms with Crippen LogP contribution in [0, 0.1) is 0 Å². The Morgan fingerprint density at radius 1 is 0.897 bits per heavy atom. The number of nitrogens with zero attached hydrogens (tertiary/aromatic N) is 1. The Morgan fingerprint density at radius 2 is 1.55 bits per heavy atom. The number of benzene rings is 2. The van der Waals surface area contributed by atoms with Crippen molar-refractivity contribution in [2.75, 3.05) is 13.2 Å². The smallest absolute Gasteiger partial charge is 0.313 e. The Balaban J connectivity index is 1.78. The topological polar surface area (TPSA) is 96.3 Å². The fraction of sp³-hybridized carbons (Fsp3) is 0.364. The number of unbranched alkanes of at least 4 members (excludes halogenated alkanes) is 3. The largest absolute Gasteiger partial charge is 0.465 e. The molecule has 0 aliphatic heterocycles. The molecular weight excluding hydrogens is 374 g/mol. The second kappa shape index (κ2) is 12.1. The van der Waals surface area contributed by atoms with Gasteiger partial charge in [0.15, 0.2) is 5.78 Å². The van der Waals surface area contributed by atoms with Crippen LogP contribution >= 0.6 is 0 Å². The van der Waals surface area contributed by atoms with E-state index in [4.69, 9.17) is 15.2 Å². The number of carbonyl (C=O) groups is 2. The van der Waals surface area contributed by atoms with E-state index in [2.05, 4.69) is 4.84 Å². The van der Waals surface area contributed by atoms with Gasteiger partial charge in [-0.05, 0) is 37.8 Å². The van der Waals surface area contributed by atoms with E-state index in [-0.39, 0.29) is 23.7 Å². The maximum Gasteiger partial charge on any atom is 0.313 e. The van der Waals surface area contributed by atoms with Crippen molar-refractivity contribution in [3.8, 4) is 0 Å². The first-order valence-electron chi connectivity index (χ1n) is 9.66. The first-order chi connectivity index (χ1) is 14.0. The molecule has 0 heterocycles. The molecule has 29 heavy (non-hydrogen) atoms. The fourth-order valence-electron chi connectivity index (χ4n) is 2.84. The summed E-state index contributed by atoms with van der Waals surface area (Å²) in [5.41, 5.74) is 1.89. The van der Waals surface area contributed by atoms with Crippen LogP contribution < -0.4 is 0 Å². The van der Waals surface area contributed by atoms with Crippen molar-refractivity contribution in [1.82, 2.24) is 5.39 Å². The highest BCUT2D eigenvalue weighted by Crippen LogP contribution is 2.20. The molecule has 0 spiro atoms. The minimum Gasteiger partial charge on any atom is -0.465 e. The van der Waals surface area contributed by atoms with E-state index in [1.54, 1.807) is 37.3 Å². The maximum absolute atomic E-state index is 12.6. The Kier molecular flexibility index (Phi) is 9.46. The molecule has 1 unspecified atom stereocenters. The lowest BCUT2D eigenvalue weighted by Crippen LogP contribution is -2.15. The normalized spacial score (nSPS) is 12.0. The van der Waals surface area contributed by atoms with Crippen LogP contribution in [0.3, 0.4) is 0 Å². The summed E-state index contributed by atoms with van der Waals surface area (Å²) in [7, 11) is 0. The Bertz CT molecular complexity index is 778. The molecule has 1 atom stereocenters. The molecule has 0 saturated carbocycles. The van der Waals surface area contributed by atoms with Crippen molar-refractivity contribution >= 4 is 11.8 Å². The summed E-state index contributed by atoms with van der Waals surface area (Å²) < 4.78 is 5.34. The van der Waals surface area contributed by atoms with Crippen LogP contribution in [0.25, 0.3) is 0 Å². The minimum atomic E-state index is -0.466. The molecule has 0 aliphatic carbocycles. The van der Waals surface area contributed by atoms with Gasteiger partial charge in [-0.2, -0.15) is 0 Å². The van der Waals surface area contributed by atoms with Gasteiger partial charge in [-0.3, -0.25) is 24.8 Å². The molecule has 2 aromatic rings. The van der Waals surface area contributed by atoms with Crippen LogP contribution in [0.2, 0.25) is 0 Å². The lowest BCUT2D eigenvalue weighted by molar-refractivity contribution is -0.492. The lowest BCUT2D eigenvalue weighted by atomic mass is 9.96. The second-order valence-corrected chi connectivity index (χ2v) is 6.71. The Labute approximate surface area is 170 Å². The van der Waals surface area contributed by atoms with Gasteiger partial charge in [-0.25, -0.2) is 0 Å². The highest BCUT2D eigenvalue weighted by Gasteiger charge is 2.18. The van der Waals surface area contributed by atoms with E-state index < -0.39 is 5.92 Å².